The monoisotopic (exact) mass is 419 g/mol. The number of ether oxygens (including phenoxy) is 1. The first-order chi connectivity index (χ1) is 13.5. The number of aliphatic hydroxyl groups excluding tert-OH is 1. The zero-order valence-electron chi connectivity index (χ0n) is 14.6. The van der Waals surface area contributed by atoms with Crippen molar-refractivity contribution in [1.82, 2.24) is 9.97 Å². The second-order valence-corrected chi connectivity index (χ2v) is 9.24. The molecule has 2 saturated heterocycles. The molecule has 0 saturated carbocycles. The number of fused-ring (bicyclic) bond motifs is 2. The third-order valence-corrected chi connectivity index (χ3v) is 6.84. The molecule has 28 heavy (non-hydrogen) atoms. The minimum absolute atomic E-state index is 0.0615. The molecule has 3 aliphatic rings. The molecule has 2 aromatic rings. The van der Waals surface area contributed by atoms with Gasteiger partial charge >= 0.3 is 15.4 Å². The van der Waals surface area contributed by atoms with Crippen molar-refractivity contribution in [3.8, 4) is 0 Å². The van der Waals surface area contributed by atoms with E-state index in [2.05, 4.69) is 15.3 Å². The Kier molecular flexibility index (Phi) is 4.71. The van der Waals surface area contributed by atoms with E-state index in [1.807, 2.05) is 35.2 Å². The lowest BCUT2D eigenvalue weighted by molar-refractivity contribution is -0.0440. The molecule has 0 spiro atoms. The van der Waals surface area contributed by atoms with Crippen molar-refractivity contribution in [1.29, 1.82) is 0 Å². The molecule has 2 radical (unpaired) electrons. The van der Waals surface area contributed by atoms with Crippen LogP contribution in [-0.2, 0) is 13.8 Å². The summed E-state index contributed by atoms with van der Waals surface area (Å²) >= 11 is 1.52. The van der Waals surface area contributed by atoms with Gasteiger partial charge in [0.2, 0.25) is 0 Å². The van der Waals surface area contributed by atoms with Crippen molar-refractivity contribution in [3.05, 3.63) is 36.7 Å². The fraction of sp³-hybridized carbons (Fsp3) is 0.375. The van der Waals surface area contributed by atoms with Crippen LogP contribution in [-0.4, -0.2) is 65.3 Å². The van der Waals surface area contributed by atoms with Gasteiger partial charge in [-0.3, -0.25) is 0 Å². The molecule has 3 aliphatic heterocycles. The highest BCUT2D eigenvalue weighted by molar-refractivity contribution is 7.99. The van der Waals surface area contributed by atoms with Gasteiger partial charge in [-0.15, -0.1) is 0 Å². The van der Waals surface area contributed by atoms with E-state index in [1.165, 1.54) is 18.1 Å². The molecule has 5 atom stereocenters. The quantitative estimate of drug-likeness (QED) is 0.381. The Balaban J connectivity index is 1.39. The number of nitrogens with zero attached hydrogens (tertiary/aromatic N) is 3. The standard InChI is InChI=1S/C16H17BN4O5PS/c17-27(23)24-6-10-13(26-27)12(22)16(25-10)21-8-20-11-14(21)18-7-19-15(11)28-9-4-2-1-3-5-9/h1-5,7,10,12-13,16,20,22-23H,6,8H2/q+1/t10?,12?,13-,16?,27?/m1/s1. The normalized spacial score (nSPS) is 34.0. The summed E-state index contributed by atoms with van der Waals surface area (Å²) in [5.74, 6) is 0.634. The van der Waals surface area contributed by atoms with Gasteiger partial charge < -0.3 is 20.1 Å². The highest BCUT2D eigenvalue weighted by Gasteiger charge is 2.58. The summed E-state index contributed by atoms with van der Waals surface area (Å²) in [7, 11) is 2.15. The largest absolute Gasteiger partial charge is 0.488 e. The van der Waals surface area contributed by atoms with Gasteiger partial charge in [0.05, 0.1) is 6.67 Å². The van der Waals surface area contributed by atoms with Gasteiger partial charge in [-0.05, 0) is 12.1 Å². The molecule has 12 heteroatoms. The highest BCUT2D eigenvalue weighted by Crippen LogP contribution is 2.58. The molecular formula is C16H17BN4O5PS+. The van der Waals surface area contributed by atoms with E-state index in [9.17, 15) is 10.00 Å². The lowest BCUT2D eigenvalue weighted by atomic mass is 10.1. The van der Waals surface area contributed by atoms with Gasteiger partial charge in [0, 0.05) is 4.90 Å². The Morgan fingerprint density at radius 3 is 2.93 bits per heavy atom. The first-order valence-electron chi connectivity index (χ1n) is 8.67. The first-order valence-corrected chi connectivity index (χ1v) is 11.1. The zero-order chi connectivity index (χ0) is 19.3. The average Bonchev–Trinajstić information content (AvgIpc) is 3.24. The number of hydrogen-bond donors (Lipinski definition) is 3. The van der Waals surface area contributed by atoms with Crippen LogP contribution in [0.4, 0.5) is 11.5 Å². The summed E-state index contributed by atoms with van der Waals surface area (Å²) in [5.41, 5.74) is 0.780. The number of rotatable bonds is 3. The van der Waals surface area contributed by atoms with Gasteiger partial charge in [0.1, 0.15) is 35.9 Å². The Labute approximate surface area is 167 Å². The smallest absolute Gasteiger partial charge is 0.385 e. The summed E-state index contributed by atoms with van der Waals surface area (Å²) in [6, 6.07) is 9.92. The van der Waals surface area contributed by atoms with Crippen LogP contribution in [0.1, 0.15) is 0 Å². The van der Waals surface area contributed by atoms with Crippen LogP contribution < -0.4 is 10.2 Å². The topological polar surface area (TPSA) is 109 Å². The Hall–Kier alpha value is -1.46. The van der Waals surface area contributed by atoms with Crippen molar-refractivity contribution in [2.75, 3.05) is 23.5 Å². The maximum atomic E-state index is 10.7. The summed E-state index contributed by atoms with van der Waals surface area (Å²) in [5, 5.41) is 14.8. The molecular weight excluding hydrogens is 402 g/mol. The molecule has 1 aromatic heterocycles. The van der Waals surface area contributed by atoms with Crippen LogP contribution in [0.3, 0.4) is 0 Å². The van der Waals surface area contributed by atoms with Gasteiger partial charge in [-0.2, -0.15) is 9.05 Å². The summed E-state index contributed by atoms with van der Waals surface area (Å²) in [6.07, 6.45) is -1.52. The fourth-order valence-corrected chi connectivity index (χ4v) is 5.40. The number of hydrogen-bond acceptors (Lipinski definition) is 10. The van der Waals surface area contributed by atoms with Crippen molar-refractivity contribution in [2.45, 2.75) is 34.5 Å². The SMILES string of the molecule is [B][P+]1(O)OCC2OC(N3CNc4c(Sc5ccccc5)ncnc43)C(O)[C@@H]2O1. The lowest BCUT2D eigenvalue weighted by Crippen LogP contribution is -2.45. The lowest BCUT2D eigenvalue weighted by Gasteiger charge is -2.28. The second-order valence-electron chi connectivity index (χ2n) is 6.58. The number of benzene rings is 1. The van der Waals surface area contributed by atoms with Gasteiger partial charge in [-0.1, -0.05) is 30.0 Å². The van der Waals surface area contributed by atoms with Crippen LogP contribution in [0.2, 0.25) is 0 Å². The number of aromatic nitrogens is 2. The van der Waals surface area contributed by atoms with Crippen LogP contribution in [0.25, 0.3) is 0 Å². The van der Waals surface area contributed by atoms with Gasteiger partial charge in [0.25, 0.3) is 0 Å². The molecule has 3 N–H and O–H groups in total. The maximum Gasteiger partial charge on any atom is 0.488 e. The summed E-state index contributed by atoms with van der Waals surface area (Å²) in [6.45, 7) is 0.451. The summed E-state index contributed by atoms with van der Waals surface area (Å²) in [4.78, 5) is 21.5. The van der Waals surface area contributed by atoms with Crippen molar-refractivity contribution < 1.29 is 23.8 Å². The van der Waals surface area contributed by atoms with Gasteiger partial charge in [-0.25, -0.2) is 14.9 Å². The van der Waals surface area contributed by atoms with Crippen LogP contribution in [0, 0.1) is 0 Å². The second kappa shape index (κ2) is 7.10. The van der Waals surface area contributed by atoms with E-state index in [0.717, 1.165) is 15.6 Å². The molecule has 5 rings (SSSR count). The minimum Gasteiger partial charge on any atom is -0.385 e. The van der Waals surface area contributed by atoms with E-state index >= 15 is 0 Å². The maximum absolute atomic E-state index is 10.7. The van der Waals surface area contributed by atoms with E-state index in [-0.39, 0.29) is 6.61 Å². The Morgan fingerprint density at radius 1 is 1.29 bits per heavy atom. The van der Waals surface area contributed by atoms with E-state index in [4.69, 9.17) is 21.4 Å². The van der Waals surface area contributed by atoms with Crippen LogP contribution in [0.5, 0.6) is 0 Å². The number of anilines is 2. The first kappa shape index (κ1) is 18.6. The van der Waals surface area contributed by atoms with Crippen molar-refractivity contribution >= 4 is 38.7 Å². The Morgan fingerprint density at radius 2 is 2.11 bits per heavy atom. The highest BCUT2D eigenvalue weighted by atomic mass is 32.2. The average molecular weight is 419 g/mol. The molecule has 144 valence electrons. The van der Waals surface area contributed by atoms with Gasteiger partial charge in [0.15, 0.2) is 18.1 Å². The fourth-order valence-electron chi connectivity index (χ4n) is 3.49. The molecule has 4 unspecified atom stereocenters. The van der Waals surface area contributed by atoms with E-state index in [1.54, 1.807) is 0 Å². The number of aliphatic hydroxyl groups is 1. The Bertz CT molecular complexity index is 881. The molecule has 1 aromatic carbocycles. The van der Waals surface area contributed by atoms with Crippen LogP contribution >= 0.6 is 19.6 Å². The van der Waals surface area contributed by atoms with Crippen molar-refractivity contribution in [3.63, 3.8) is 0 Å². The molecule has 0 amide bonds. The molecule has 2 fully saturated rings. The molecule has 0 aliphatic carbocycles. The van der Waals surface area contributed by atoms with Crippen molar-refractivity contribution in [2.24, 2.45) is 0 Å². The zero-order valence-corrected chi connectivity index (χ0v) is 16.3. The summed E-state index contributed by atoms with van der Waals surface area (Å²) < 4.78 is 16.4. The third kappa shape index (κ3) is 3.27. The van der Waals surface area contributed by atoms with E-state index < -0.39 is 32.4 Å². The molecule has 4 heterocycles. The molecule has 9 nitrogen and oxygen atoms in total. The molecule has 0 bridgehead atoms. The van der Waals surface area contributed by atoms with E-state index in [0.29, 0.717) is 12.5 Å². The predicted octanol–water partition coefficient (Wildman–Crippen LogP) is 1.16. The minimum atomic E-state index is -3.42. The predicted molar refractivity (Wildman–Crippen MR) is 104 cm³/mol. The third-order valence-electron chi connectivity index (χ3n) is 4.76. The van der Waals surface area contributed by atoms with Crippen LogP contribution in [0.15, 0.2) is 46.6 Å². The number of nitrogens with one attached hydrogen (secondary N) is 1.